The van der Waals surface area contributed by atoms with Crippen LogP contribution in [-0.2, 0) is 11.3 Å². The zero-order valence-corrected chi connectivity index (χ0v) is 11.7. The van der Waals surface area contributed by atoms with Crippen LogP contribution < -0.4 is 5.32 Å². The minimum absolute atomic E-state index is 0.528. The Hall–Kier alpha value is -0.380. The third-order valence-corrected chi connectivity index (χ3v) is 3.98. The van der Waals surface area contributed by atoms with Gasteiger partial charge in [-0.2, -0.15) is 0 Å². The van der Waals surface area contributed by atoms with Crippen molar-refractivity contribution in [1.82, 2.24) is 5.32 Å². The molecule has 94 valence electrons. The fourth-order valence-electron chi connectivity index (χ4n) is 2.22. The minimum Gasteiger partial charge on any atom is -0.377 e. The van der Waals surface area contributed by atoms with Crippen molar-refractivity contribution in [3.8, 4) is 0 Å². The van der Waals surface area contributed by atoms with E-state index in [-0.39, 0.29) is 0 Å². The van der Waals surface area contributed by atoms with Crippen LogP contribution in [0.1, 0.15) is 31.2 Å². The van der Waals surface area contributed by atoms with Gasteiger partial charge < -0.3 is 10.1 Å². The molecular formula is C14H20BrNO. The van der Waals surface area contributed by atoms with Crippen LogP contribution >= 0.6 is 15.9 Å². The van der Waals surface area contributed by atoms with E-state index in [1.807, 2.05) is 6.07 Å². The Kier molecular flexibility index (Phi) is 5.49. The fraction of sp³-hybridized carbons (Fsp3) is 0.571. The summed E-state index contributed by atoms with van der Waals surface area (Å²) in [5, 5.41) is 3.41. The van der Waals surface area contributed by atoms with E-state index in [2.05, 4.69) is 39.4 Å². The molecule has 1 aromatic rings. The van der Waals surface area contributed by atoms with Gasteiger partial charge >= 0.3 is 0 Å². The van der Waals surface area contributed by atoms with Crippen LogP contribution in [0, 0.1) is 0 Å². The lowest BCUT2D eigenvalue weighted by molar-refractivity contribution is 0.0602. The highest BCUT2D eigenvalue weighted by atomic mass is 79.9. The molecule has 0 atom stereocenters. The number of hydrogen-bond donors (Lipinski definition) is 1. The Morgan fingerprint density at radius 2 is 2.00 bits per heavy atom. The van der Waals surface area contributed by atoms with Crippen LogP contribution in [0.15, 0.2) is 28.7 Å². The molecule has 0 bridgehead atoms. The Morgan fingerprint density at radius 1 is 1.24 bits per heavy atom. The van der Waals surface area contributed by atoms with Crippen LogP contribution in [0.5, 0.6) is 0 Å². The van der Waals surface area contributed by atoms with Crippen LogP contribution in [-0.4, -0.2) is 19.3 Å². The molecule has 1 aliphatic rings. The number of hydrogen-bond acceptors (Lipinski definition) is 2. The van der Waals surface area contributed by atoms with Gasteiger partial charge in [-0.3, -0.25) is 0 Å². The van der Waals surface area contributed by atoms with E-state index >= 15 is 0 Å². The maximum atomic E-state index is 5.80. The summed E-state index contributed by atoms with van der Waals surface area (Å²) in [4.78, 5) is 0. The van der Waals surface area contributed by atoms with Crippen molar-refractivity contribution in [1.29, 1.82) is 0 Å². The fourth-order valence-corrected chi connectivity index (χ4v) is 2.64. The Labute approximate surface area is 112 Å². The molecule has 17 heavy (non-hydrogen) atoms. The number of nitrogens with one attached hydrogen (secondary N) is 1. The summed E-state index contributed by atoms with van der Waals surface area (Å²) in [6.07, 6.45) is 5.72. The molecule has 2 rings (SSSR count). The first-order chi connectivity index (χ1) is 8.36. The number of ether oxygens (including phenoxy) is 1. The molecule has 0 saturated heterocycles. The van der Waals surface area contributed by atoms with Crippen LogP contribution in [0.3, 0.4) is 0 Å². The summed E-state index contributed by atoms with van der Waals surface area (Å²) >= 11 is 3.55. The molecule has 1 aromatic carbocycles. The van der Waals surface area contributed by atoms with E-state index in [0.29, 0.717) is 6.10 Å². The van der Waals surface area contributed by atoms with Crippen LogP contribution in [0.4, 0.5) is 0 Å². The third kappa shape index (κ3) is 4.41. The maximum absolute atomic E-state index is 5.80. The summed E-state index contributed by atoms with van der Waals surface area (Å²) in [5.74, 6) is 0. The second-order valence-corrected chi connectivity index (χ2v) is 5.40. The number of benzene rings is 1. The molecule has 0 heterocycles. The van der Waals surface area contributed by atoms with Gasteiger partial charge in [0.15, 0.2) is 0 Å². The molecule has 1 N–H and O–H groups in total. The van der Waals surface area contributed by atoms with E-state index in [0.717, 1.165) is 19.7 Å². The Bertz CT molecular complexity index is 337. The second kappa shape index (κ2) is 7.14. The second-order valence-electron chi connectivity index (χ2n) is 4.55. The van der Waals surface area contributed by atoms with E-state index in [4.69, 9.17) is 4.74 Å². The maximum Gasteiger partial charge on any atom is 0.0594 e. The van der Waals surface area contributed by atoms with Crippen molar-refractivity contribution in [2.75, 3.05) is 13.2 Å². The summed E-state index contributed by atoms with van der Waals surface area (Å²) in [6.45, 7) is 2.66. The number of halogens is 1. The zero-order chi connectivity index (χ0) is 11.9. The topological polar surface area (TPSA) is 21.3 Å². The Balaban J connectivity index is 1.58. The van der Waals surface area contributed by atoms with E-state index in [9.17, 15) is 0 Å². The lowest BCUT2D eigenvalue weighted by atomic mass is 10.2. The molecule has 0 amide bonds. The highest BCUT2D eigenvalue weighted by Gasteiger charge is 2.14. The van der Waals surface area contributed by atoms with Gasteiger partial charge in [-0.05, 0) is 24.5 Å². The number of rotatable bonds is 6. The quantitative estimate of drug-likeness (QED) is 0.812. The van der Waals surface area contributed by atoms with Crippen molar-refractivity contribution in [2.45, 2.75) is 38.3 Å². The molecule has 3 heteroatoms. The van der Waals surface area contributed by atoms with Gasteiger partial charge in [0.25, 0.3) is 0 Å². The van der Waals surface area contributed by atoms with E-state index in [1.54, 1.807) is 0 Å². The molecule has 0 unspecified atom stereocenters. The lowest BCUT2D eigenvalue weighted by Crippen LogP contribution is -2.22. The van der Waals surface area contributed by atoms with Gasteiger partial charge in [0.05, 0.1) is 12.7 Å². The molecule has 0 spiro atoms. The van der Waals surface area contributed by atoms with Crippen molar-refractivity contribution >= 4 is 15.9 Å². The van der Waals surface area contributed by atoms with Gasteiger partial charge in [-0.15, -0.1) is 0 Å². The van der Waals surface area contributed by atoms with Gasteiger partial charge in [-0.1, -0.05) is 47.0 Å². The Morgan fingerprint density at radius 3 is 2.76 bits per heavy atom. The van der Waals surface area contributed by atoms with E-state index in [1.165, 1.54) is 35.7 Å². The summed E-state index contributed by atoms with van der Waals surface area (Å²) in [6, 6.07) is 8.31. The molecule has 0 aromatic heterocycles. The standard InChI is InChI=1S/C14H20BrNO/c15-14-8-4-1-5-12(14)11-16-9-10-17-13-6-2-3-7-13/h1,4-5,8,13,16H,2-3,6-7,9-11H2. The molecule has 2 nitrogen and oxygen atoms in total. The average molecular weight is 298 g/mol. The largest absolute Gasteiger partial charge is 0.377 e. The van der Waals surface area contributed by atoms with Gasteiger partial charge in [0, 0.05) is 17.6 Å². The van der Waals surface area contributed by atoms with Crippen molar-refractivity contribution in [2.24, 2.45) is 0 Å². The van der Waals surface area contributed by atoms with Crippen molar-refractivity contribution < 1.29 is 4.74 Å². The minimum atomic E-state index is 0.528. The molecule has 0 aliphatic heterocycles. The smallest absolute Gasteiger partial charge is 0.0594 e. The summed E-state index contributed by atoms with van der Waals surface area (Å²) in [7, 11) is 0. The first-order valence-corrected chi connectivity index (χ1v) is 7.21. The van der Waals surface area contributed by atoms with Crippen molar-refractivity contribution in [3.05, 3.63) is 34.3 Å². The molecule has 0 radical (unpaired) electrons. The average Bonchev–Trinajstić information content (AvgIpc) is 2.84. The third-order valence-electron chi connectivity index (χ3n) is 3.21. The normalized spacial score (nSPS) is 16.5. The first-order valence-electron chi connectivity index (χ1n) is 6.42. The molecule has 1 aliphatic carbocycles. The predicted octanol–water partition coefficient (Wildman–Crippen LogP) is 3.50. The predicted molar refractivity (Wildman–Crippen MR) is 74.1 cm³/mol. The van der Waals surface area contributed by atoms with Crippen LogP contribution in [0.2, 0.25) is 0 Å². The SMILES string of the molecule is Brc1ccccc1CNCCOC1CCCC1. The van der Waals surface area contributed by atoms with Gasteiger partial charge in [0.1, 0.15) is 0 Å². The highest BCUT2D eigenvalue weighted by molar-refractivity contribution is 9.10. The van der Waals surface area contributed by atoms with Gasteiger partial charge in [-0.25, -0.2) is 0 Å². The van der Waals surface area contributed by atoms with Crippen molar-refractivity contribution in [3.63, 3.8) is 0 Å². The molecule has 1 fully saturated rings. The molecule has 1 saturated carbocycles. The highest BCUT2D eigenvalue weighted by Crippen LogP contribution is 2.20. The lowest BCUT2D eigenvalue weighted by Gasteiger charge is -2.11. The monoisotopic (exact) mass is 297 g/mol. The van der Waals surface area contributed by atoms with Gasteiger partial charge in [0.2, 0.25) is 0 Å². The first kappa shape index (κ1) is 13.1. The summed E-state index contributed by atoms with van der Waals surface area (Å²) in [5.41, 5.74) is 1.30. The zero-order valence-electron chi connectivity index (χ0n) is 10.1. The van der Waals surface area contributed by atoms with Crippen LogP contribution in [0.25, 0.3) is 0 Å². The summed E-state index contributed by atoms with van der Waals surface area (Å²) < 4.78 is 6.97. The van der Waals surface area contributed by atoms with E-state index < -0.39 is 0 Å². The molecular weight excluding hydrogens is 278 g/mol.